The number of esters is 1. The van der Waals surface area contributed by atoms with Gasteiger partial charge in [-0.25, -0.2) is 4.39 Å². The second-order valence-electron chi connectivity index (χ2n) is 6.60. The summed E-state index contributed by atoms with van der Waals surface area (Å²) < 4.78 is 23.7. The summed E-state index contributed by atoms with van der Waals surface area (Å²) in [5.74, 6) is -0.234. The van der Waals surface area contributed by atoms with Gasteiger partial charge >= 0.3 is 5.97 Å². The Bertz CT molecular complexity index is 772. The van der Waals surface area contributed by atoms with Gasteiger partial charge in [-0.05, 0) is 62.7 Å². The van der Waals surface area contributed by atoms with Crippen LogP contribution in [0.2, 0.25) is 0 Å². The third kappa shape index (κ3) is 6.68. The fourth-order valence-corrected chi connectivity index (χ4v) is 2.65. The highest BCUT2D eigenvalue weighted by Gasteiger charge is 2.18. The van der Waals surface area contributed by atoms with Gasteiger partial charge < -0.3 is 14.4 Å². The minimum absolute atomic E-state index is 0.0427. The molecule has 0 aliphatic heterocycles. The fourth-order valence-electron chi connectivity index (χ4n) is 2.65. The average Bonchev–Trinajstić information content (AvgIpc) is 2.66. The lowest BCUT2D eigenvalue weighted by Gasteiger charge is -2.23. The molecular weight excluding hydrogens is 361 g/mol. The molecule has 28 heavy (non-hydrogen) atoms. The number of rotatable bonds is 9. The molecule has 0 saturated carbocycles. The first-order valence-corrected chi connectivity index (χ1v) is 9.35. The number of hydrogen-bond donors (Lipinski definition) is 0. The molecule has 2 aromatic carbocycles. The van der Waals surface area contributed by atoms with Crippen LogP contribution < -0.4 is 4.74 Å². The van der Waals surface area contributed by atoms with E-state index in [1.807, 2.05) is 13.8 Å². The average molecular weight is 387 g/mol. The van der Waals surface area contributed by atoms with Crippen LogP contribution in [0.5, 0.6) is 5.75 Å². The lowest BCUT2D eigenvalue weighted by molar-refractivity contribution is -0.143. The van der Waals surface area contributed by atoms with Crippen molar-refractivity contribution in [2.24, 2.45) is 0 Å². The van der Waals surface area contributed by atoms with Gasteiger partial charge in [-0.15, -0.1) is 0 Å². The van der Waals surface area contributed by atoms with E-state index in [1.165, 1.54) is 12.1 Å². The molecular formula is C22H26FNO4. The van der Waals surface area contributed by atoms with Gasteiger partial charge in [-0.3, -0.25) is 9.59 Å². The largest absolute Gasteiger partial charge is 0.491 e. The zero-order valence-corrected chi connectivity index (χ0v) is 16.5. The Morgan fingerprint density at radius 1 is 1.04 bits per heavy atom. The highest BCUT2D eigenvalue weighted by atomic mass is 19.1. The third-order valence-corrected chi connectivity index (χ3v) is 3.94. The molecule has 6 heteroatoms. The summed E-state index contributed by atoms with van der Waals surface area (Å²) in [5.41, 5.74) is 1.26. The number of hydrogen-bond acceptors (Lipinski definition) is 4. The highest BCUT2D eigenvalue weighted by molar-refractivity contribution is 5.94. The Kier molecular flexibility index (Phi) is 7.99. The van der Waals surface area contributed by atoms with Crippen LogP contribution in [-0.4, -0.2) is 36.0 Å². The number of amides is 1. The maximum atomic E-state index is 13.2. The Balaban J connectivity index is 2.14. The SMILES string of the molecule is CCOC(=O)CCN(Cc1ccc(F)cc1)C(=O)c1ccc(OC(C)C)cc1. The van der Waals surface area contributed by atoms with Gasteiger partial charge in [0.05, 0.1) is 19.1 Å². The first-order valence-electron chi connectivity index (χ1n) is 9.35. The predicted molar refractivity (Wildman–Crippen MR) is 105 cm³/mol. The van der Waals surface area contributed by atoms with E-state index in [1.54, 1.807) is 48.2 Å². The number of nitrogens with zero attached hydrogens (tertiary/aromatic N) is 1. The van der Waals surface area contributed by atoms with Crippen LogP contribution >= 0.6 is 0 Å². The molecule has 0 aliphatic carbocycles. The molecule has 0 atom stereocenters. The fraction of sp³-hybridized carbons (Fsp3) is 0.364. The number of carbonyl (C=O) groups excluding carboxylic acids is 2. The second kappa shape index (κ2) is 10.4. The van der Waals surface area contributed by atoms with E-state index >= 15 is 0 Å². The van der Waals surface area contributed by atoms with E-state index in [0.717, 1.165) is 5.56 Å². The minimum atomic E-state index is -0.361. The van der Waals surface area contributed by atoms with E-state index in [2.05, 4.69) is 0 Å². The van der Waals surface area contributed by atoms with Gasteiger partial charge in [-0.1, -0.05) is 12.1 Å². The van der Waals surface area contributed by atoms with Crippen molar-refractivity contribution in [1.82, 2.24) is 4.90 Å². The van der Waals surface area contributed by atoms with E-state index in [0.29, 0.717) is 17.9 Å². The first kappa shape index (κ1) is 21.4. The summed E-state index contributed by atoms with van der Waals surface area (Å²) in [4.78, 5) is 26.3. The van der Waals surface area contributed by atoms with Gasteiger partial charge in [0.25, 0.3) is 5.91 Å². The third-order valence-electron chi connectivity index (χ3n) is 3.94. The summed E-state index contributed by atoms with van der Waals surface area (Å²) in [7, 11) is 0. The Hall–Kier alpha value is -2.89. The zero-order valence-electron chi connectivity index (χ0n) is 16.5. The van der Waals surface area contributed by atoms with Crippen molar-refractivity contribution in [2.75, 3.05) is 13.2 Å². The minimum Gasteiger partial charge on any atom is -0.491 e. The molecule has 0 saturated heterocycles. The summed E-state index contributed by atoms with van der Waals surface area (Å²) in [6.45, 7) is 6.36. The lowest BCUT2D eigenvalue weighted by Crippen LogP contribution is -2.33. The molecule has 0 heterocycles. The molecule has 1 amide bonds. The molecule has 0 bridgehead atoms. The van der Waals surface area contributed by atoms with Crippen LogP contribution in [0.25, 0.3) is 0 Å². The van der Waals surface area contributed by atoms with Crippen LogP contribution in [0.3, 0.4) is 0 Å². The van der Waals surface area contributed by atoms with Gasteiger partial charge in [0.15, 0.2) is 0 Å². The van der Waals surface area contributed by atoms with Crippen LogP contribution in [0.15, 0.2) is 48.5 Å². The van der Waals surface area contributed by atoms with E-state index < -0.39 is 0 Å². The molecule has 0 aromatic heterocycles. The smallest absolute Gasteiger partial charge is 0.307 e. The number of benzene rings is 2. The van der Waals surface area contributed by atoms with Crippen LogP contribution in [0.4, 0.5) is 4.39 Å². The molecule has 150 valence electrons. The van der Waals surface area contributed by atoms with Crippen molar-refractivity contribution >= 4 is 11.9 Å². The molecule has 0 radical (unpaired) electrons. The zero-order chi connectivity index (χ0) is 20.5. The van der Waals surface area contributed by atoms with Crippen molar-refractivity contribution in [3.05, 3.63) is 65.5 Å². The second-order valence-corrected chi connectivity index (χ2v) is 6.60. The highest BCUT2D eigenvalue weighted by Crippen LogP contribution is 2.17. The van der Waals surface area contributed by atoms with Crippen molar-refractivity contribution in [3.63, 3.8) is 0 Å². The Labute approximate surface area is 165 Å². The molecule has 5 nitrogen and oxygen atoms in total. The molecule has 0 aliphatic rings. The molecule has 2 rings (SSSR count). The van der Waals surface area contributed by atoms with E-state index in [4.69, 9.17) is 9.47 Å². The van der Waals surface area contributed by atoms with Crippen molar-refractivity contribution in [2.45, 2.75) is 39.8 Å². The Morgan fingerprint density at radius 3 is 2.25 bits per heavy atom. The number of halogens is 1. The van der Waals surface area contributed by atoms with Crippen molar-refractivity contribution in [3.8, 4) is 5.75 Å². The quantitative estimate of drug-likeness (QED) is 0.605. The van der Waals surface area contributed by atoms with Gasteiger partial charge in [0.2, 0.25) is 0 Å². The molecule has 0 N–H and O–H groups in total. The Morgan fingerprint density at radius 2 is 1.68 bits per heavy atom. The van der Waals surface area contributed by atoms with Gasteiger partial charge in [-0.2, -0.15) is 0 Å². The molecule has 2 aromatic rings. The standard InChI is InChI=1S/C22H26FNO4/c1-4-27-21(25)13-14-24(15-17-5-9-19(23)10-6-17)22(26)18-7-11-20(12-8-18)28-16(2)3/h5-12,16H,4,13-15H2,1-3H3. The topological polar surface area (TPSA) is 55.8 Å². The van der Waals surface area contributed by atoms with E-state index in [9.17, 15) is 14.0 Å². The van der Waals surface area contributed by atoms with Gasteiger partial charge in [0.1, 0.15) is 11.6 Å². The summed E-state index contributed by atoms with van der Waals surface area (Å²) in [6, 6.07) is 12.8. The first-order chi connectivity index (χ1) is 13.4. The van der Waals surface area contributed by atoms with Crippen molar-refractivity contribution in [1.29, 1.82) is 0 Å². The summed E-state index contributed by atoms with van der Waals surface area (Å²) >= 11 is 0. The lowest BCUT2D eigenvalue weighted by atomic mass is 10.1. The molecule has 0 fully saturated rings. The predicted octanol–water partition coefficient (Wildman–Crippen LogP) is 4.21. The number of ether oxygens (including phenoxy) is 2. The summed E-state index contributed by atoms with van der Waals surface area (Å²) in [6.07, 6.45) is 0.135. The maximum absolute atomic E-state index is 13.2. The monoisotopic (exact) mass is 387 g/mol. The molecule has 0 spiro atoms. The number of carbonyl (C=O) groups is 2. The normalized spacial score (nSPS) is 10.6. The van der Waals surface area contributed by atoms with Crippen LogP contribution in [-0.2, 0) is 16.1 Å². The maximum Gasteiger partial charge on any atom is 0.307 e. The summed E-state index contributed by atoms with van der Waals surface area (Å²) in [5, 5.41) is 0. The van der Waals surface area contributed by atoms with E-state index in [-0.39, 0.29) is 43.3 Å². The van der Waals surface area contributed by atoms with Gasteiger partial charge in [0, 0.05) is 18.7 Å². The molecule has 0 unspecified atom stereocenters. The van der Waals surface area contributed by atoms with Crippen LogP contribution in [0.1, 0.15) is 43.1 Å². The van der Waals surface area contributed by atoms with Crippen molar-refractivity contribution < 1.29 is 23.5 Å². The van der Waals surface area contributed by atoms with Crippen LogP contribution in [0, 0.1) is 5.82 Å².